The van der Waals surface area contributed by atoms with Gasteiger partial charge in [0.1, 0.15) is 0 Å². The Bertz CT molecular complexity index is 439. The largest absolute Gasteiger partial charge is 0.481 e. The van der Waals surface area contributed by atoms with Gasteiger partial charge in [0, 0.05) is 25.5 Å². The molecule has 0 aliphatic carbocycles. The number of benzene rings is 1. The van der Waals surface area contributed by atoms with Crippen molar-refractivity contribution in [2.75, 3.05) is 5.32 Å². The first kappa shape index (κ1) is 14.7. The van der Waals surface area contributed by atoms with Crippen molar-refractivity contribution >= 4 is 65.4 Å². The molecule has 0 heterocycles. The molecule has 4 nitrogen and oxygen atoms in total. The van der Waals surface area contributed by atoms with Crippen molar-refractivity contribution in [1.29, 1.82) is 0 Å². The van der Waals surface area contributed by atoms with Crippen LogP contribution in [0.1, 0.15) is 12.8 Å². The molecule has 1 rings (SSSR count). The lowest BCUT2D eigenvalue weighted by Crippen LogP contribution is -2.13. The molecule has 0 aliphatic heterocycles. The molecule has 0 fully saturated rings. The number of amides is 1. The van der Waals surface area contributed by atoms with Gasteiger partial charge in [0.2, 0.25) is 5.91 Å². The van der Waals surface area contributed by atoms with Gasteiger partial charge < -0.3 is 10.4 Å². The van der Waals surface area contributed by atoms with Gasteiger partial charge in [0.15, 0.2) is 0 Å². The quantitative estimate of drug-likeness (QED) is 0.716. The van der Waals surface area contributed by atoms with E-state index in [0.29, 0.717) is 5.69 Å². The second-order valence-corrected chi connectivity index (χ2v) is 5.70. The highest BCUT2D eigenvalue weighted by Crippen LogP contribution is 2.34. The summed E-state index contributed by atoms with van der Waals surface area (Å²) in [5.41, 5.74) is 0.599. The average molecular weight is 430 g/mol. The summed E-state index contributed by atoms with van der Waals surface area (Å²) in [6, 6.07) is 3.46. The lowest BCUT2D eigenvalue weighted by Gasteiger charge is -2.07. The van der Waals surface area contributed by atoms with E-state index in [1.54, 1.807) is 12.1 Å². The number of carbonyl (C=O) groups excluding carboxylic acids is 1. The molecule has 0 bridgehead atoms. The normalized spacial score (nSPS) is 10.1. The van der Waals surface area contributed by atoms with Crippen LogP contribution >= 0.6 is 47.8 Å². The molecule has 0 aliphatic rings. The summed E-state index contributed by atoms with van der Waals surface area (Å²) in [4.78, 5) is 21.7. The number of halogens is 3. The number of carbonyl (C=O) groups is 2. The van der Waals surface area contributed by atoms with E-state index >= 15 is 0 Å². The highest BCUT2D eigenvalue weighted by Gasteiger charge is 2.09. The van der Waals surface area contributed by atoms with Crippen LogP contribution in [0.2, 0.25) is 0 Å². The minimum Gasteiger partial charge on any atom is -0.481 e. The van der Waals surface area contributed by atoms with E-state index in [1.165, 1.54) is 0 Å². The van der Waals surface area contributed by atoms with Crippen LogP contribution in [-0.2, 0) is 9.59 Å². The first-order chi connectivity index (χ1) is 7.90. The number of aliphatic carboxylic acids is 1. The van der Waals surface area contributed by atoms with Gasteiger partial charge in [0.25, 0.3) is 0 Å². The molecule has 0 atom stereocenters. The summed E-state index contributed by atoms with van der Waals surface area (Å²) in [6.45, 7) is 0. The van der Waals surface area contributed by atoms with Gasteiger partial charge in [-0.2, -0.15) is 0 Å². The molecule has 92 valence electrons. The Hall–Kier alpha value is -0.400. The van der Waals surface area contributed by atoms with E-state index in [2.05, 4.69) is 53.1 Å². The molecule has 0 aromatic heterocycles. The Morgan fingerprint density at radius 1 is 1.12 bits per heavy atom. The maximum Gasteiger partial charge on any atom is 0.303 e. The first-order valence-electron chi connectivity index (χ1n) is 4.56. The van der Waals surface area contributed by atoms with Gasteiger partial charge in [-0.1, -0.05) is 0 Å². The van der Waals surface area contributed by atoms with Crippen LogP contribution in [0.5, 0.6) is 0 Å². The summed E-state index contributed by atoms with van der Waals surface area (Å²) < 4.78 is 2.43. The fourth-order valence-electron chi connectivity index (χ4n) is 1.07. The van der Waals surface area contributed by atoms with Crippen LogP contribution in [0, 0.1) is 0 Å². The molecule has 17 heavy (non-hydrogen) atoms. The molecule has 7 heteroatoms. The molecule has 0 saturated heterocycles. The van der Waals surface area contributed by atoms with Crippen LogP contribution < -0.4 is 5.32 Å². The maximum absolute atomic E-state index is 11.4. The second-order valence-electron chi connectivity index (χ2n) is 3.20. The van der Waals surface area contributed by atoms with Crippen LogP contribution in [0.4, 0.5) is 5.69 Å². The SMILES string of the molecule is O=C(O)CCC(=O)Nc1cc(Br)c(Br)c(Br)c1. The second kappa shape index (κ2) is 6.51. The number of carboxylic acids is 1. The van der Waals surface area contributed by atoms with Crippen LogP contribution in [0.25, 0.3) is 0 Å². The Morgan fingerprint density at radius 2 is 1.65 bits per heavy atom. The van der Waals surface area contributed by atoms with Crippen molar-refractivity contribution in [2.45, 2.75) is 12.8 Å². The van der Waals surface area contributed by atoms with Gasteiger partial charge >= 0.3 is 5.97 Å². The number of hydrogen-bond acceptors (Lipinski definition) is 2. The molecule has 1 aromatic carbocycles. The molecule has 0 radical (unpaired) electrons. The molecule has 0 saturated carbocycles. The van der Waals surface area contributed by atoms with Crippen molar-refractivity contribution in [2.24, 2.45) is 0 Å². The Labute approximate surface area is 123 Å². The fraction of sp³-hybridized carbons (Fsp3) is 0.200. The van der Waals surface area contributed by atoms with Gasteiger partial charge in [-0.05, 0) is 59.9 Å². The van der Waals surface area contributed by atoms with Gasteiger partial charge in [0.05, 0.1) is 6.42 Å². The zero-order chi connectivity index (χ0) is 13.0. The number of rotatable bonds is 4. The molecule has 0 spiro atoms. The van der Waals surface area contributed by atoms with Crippen LogP contribution in [-0.4, -0.2) is 17.0 Å². The predicted octanol–water partition coefficient (Wildman–Crippen LogP) is 3.78. The smallest absolute Gasteiger partial charge is 0.303 e. The number of nitrogens with one attached hydrogen (secondary N) is 1. The monoisotopic (exact) mass is 427 g/mol. The highest BCUT2D eigenvalue weighted by molar-refractivity contribution is 9.14. The molecule has 2 N–H and O–H groups in total. The number of carboxylic acid groups (broad SMARTS) is 1. The maximum atomic E-state index is 11.4. The van der Waals surface area contributed by atoms with E-state index in [4.69, 9.17) is 5.11 Å². The summed E-state index contributed by atoms with van der Waals surface area (Å²) >= 11 is 10.00. The Kier molecular flexibility index (Phi) is 5.61. The summed E-state index contributed by atoms with van der Waals surface area (Å²) in [6.07, 6.45) is -0.217. The third-order valence-corrected chi connectivity index (χ3v) is 5.00. The number of hydrogen-bond donors (Lipinski definition) is 2. The Balaban J connectivity index is 2.69. The molecule has 1 amide bonds. The van der Waals surface area contributed by atoms with E-state index in [0.717, 1.165) is 13.4 Å². The predicted molar refractivity (Wildman–Crippen MR) is 75.0 cm³/mol. The zero-order valence-corrected chi connectivity index (χ0v) is 13.2. The minimum absolute atomic E-state index is 0.0410. The van der Waals surface area contributed by atoms with Crippen molar-refractivity contribution < 1.29 is 14.7 Å². The Morgan fingerprint density at radius 3 is 2.12 bits per heavy atom. The summed E-state index contributed by atoms with van der Waals surface area (Å²) in [7, 11) is 0. The van der Waals surface area contributed by atoms with E-state index in [1.807, 2.05) is 0 Å². The highest BCUT2D eigenvalue weighted by atomic mass is 79.9. The average Bonchev–Trinajstić information content (AvgIpc) is 2.23. The molecular formula is C10H8Br3NO3. The first-order valence-corrected chi connectivity index (χ1v) is 6.94. The third-order valence-electron chi connectivity index (χ3n) is 1.83. The molecular weight excluding hydrogens is 422 g/mol. The van der Waals surface area contributed by atoms with Crippen LogP contribution in [0.3, 0.4) is 0 Å². The van der Waals surface area contributed by atoms with Crippen molar-refractivity contribution in [3.05, 3.63) is 25.6 Å². The number of anilines is 1. The lowest BCUT2D eigenvalue weighted by atomic mass is 10.2. The van der Waals surface area contributed by atoms with Crippen molar-refractivity contribution in [3.63, 3.8) is 0 Å². The van der Waals surface area contributed by atoms with Gasteiger partial charge in [-0.25, -0.2) is 0 Å². The van der Waals surface area contributed by atoms with Crippen molar-refractivity contribution in [1.82, 2.24) is 0 Å². The van der Waals surface area contributed by atoms with E-state index in [-0.39, 0.29) is 18.7 Å². The van der Waals surface area contributed by atoms with E-state index in [9.17, 15) is 9.59 Å². The van der Waals surface area contributed by atoms with Gasteiger partial charge in [-0.15, -0.1) is 0 Å². The molecule has 1 aromatic rings. The van der Waals surface area contributed by atoms with Crippen molar-refractivity contribution in [3.8, 4) is 0 Å². The third kappa shape index (κ3) is 4.77. The standard InChI is InChI=1S/C10H8Br3NO3/c11-6-3-5(4-7(12)10(6)13)14-8(15)1-2-9(16)17/h3-4H,1-2H2,(H,14,15)(H,16,17). The lowest BCUT2D eigenvalue weighted by molar-refractivity contribution is -0.138. The van der Waals surface area contributed by atoms with E-state index < -0.39 is 5.97 Å². The zero-order valence-electron chi connectivity index (χ0n) is 8.47. The van der Waals surface area contributed by atoms with Gasteiger partial charge in [-0.3, -0.25) is 9.59 Å². The summed E-state index contributed by atoms with van der Waals surface area (Å²) in [5.74, 6) is -1.31. The molecule has 0 unspecified atom stereocenters. The van der Waals surface area contributed by atoms with Crippen LogP contribution in [0.15, 0.2) is 25.6 Å². The summed E-state index contributed by atoms with van der Waals surface area (Å²) in [5, 5.41) is 11.1. The topological polar surface area (TPSA) is 66.4 Å². The fourth-order valence-corrected chi connectivity index (χ4v) is 2.49. The minimum atomic E-state index is -0.988.